The molecule has 1 amide bonds. The lowest BCUT2D eigenvalue weighted by Gasteiger charge is -2.19. The number of nitrogens with zero attached hydrogens (tertiary/aromatic N) is 1. The highest BCUT2D eigenvalue weighted by Gasteiger charge is 2.39. The van der Waals surface area contributed by atoms with Gasteiger partial charge in [-0.25, -0.2) is 4.79 Å². The van der Waals surface area contributed by atoms with Gasteiger partial charge >= 0.3 is 12.1 Å². The number of halogens is 3. The van der Waals surface area contributed by atoms with Crippen molar-refractivity contribution in [3.05, 3.63) is 94.1 Å². The van der Waals surface area contributed by atoms with E-state index in [1.54, 1.807) is 18.2 Å². The molecule has 1 fully saturated rings. The zero-order chi connectivity index (χ0) is 34.4. The number of aliphatic hydroxyl groups excluding tert-OH is 3. The molecule has 47 heavy (non-hydrogen) atoms. The van der Waals surface area contributed by atoms with Gasteiger partial charge in [-0.1, -0.05) is 48.6 Å². The third-order valence-corrected chi connectivity index (χ3v) is 7.35. The second-order valence-corrected chi connectivity index (χ2v) is 10.9. The molecule has 0 aromatic heterocycles. The van der Waals surface area contributed by atoms with Crippen molar-refractivity contribution in [3.8, 4) is 11.5 Å². The van der Waals surface area contributed by atoms with Gasteiger partial charge in [0.25, 0.3) is 5.09 Å². The number of esters is 1. The molecule has 0 unspecified atom stereocenters. The van der Waals surface area contributed by atoms with Crippen LogP contribution in [0.4, 0.5) is 13.2 Å². The van der Waals surface area contributed by atoms with E-state index in [0.717, 1.165) is 12.1 Å². The smallest absolute Gasteiger partial charge is 0.416 e. The Balaban J connectivity index is 1.37. The van der Waals surface area contributed by atoms with Gasteiger partial charge in [-0.15, -0.1) is 10.1 Å². The van der Waals surface area contributed by atoms with Crippen molar-refractivity contribution in [1.29, 1.82) is 0 Å². The first-order valence-electron chi connectivity index (χ1n) is 14.8. The summed E-state index contributed by atoms with van der Waals surface area (Å²) in [5.74, 6) is -1.93. The number of carbonyl (C=O) groups excluding carboxylic acids is 2. The van der Waals surface area contributed by atoms with Crippen LogP contribution < -0.4 is 14.8 Å². The maximum Gasteiger partial charge on any atom is 0.416 e. The maximum absolute atomic E-state index is 12.9. The van der Waals surface area contributed by atoms with Crippen molar-refractivity contribution < 1.29 is 57.5 Å². The van der Waals surface area contributed by atoms with Crippen LogP contribution in [0, 0.1) is 22.0 Å². The van der Waals surface area contributed by atoms with Crippen molar-refractivity contribution >= 4 is 11.9 Å². The minimum absolute atomic E-state index is 0.0481. The average molecular weight is 667 g/mol. The third-order valence-electron chi connectivity index (χ3n) is 7.35. The number of para-hydroxylation sites is 1. The van der Waals surface area contributed by atoms with Crippen LogP contribution in [0.1, 0.15) is 43.2 Å². The summed E-state index contributed by atoms with van der Waals surface area (Å²) in [4.78, 5) is 39.0. The molecule has 2 aromatic rings. The monoisotopic (exact) mass is 666 g/mol. The Morgan fingerprint density at radius 3 is 2.62 bits per heavy atom. The van der Waals surface area contributed by atoms with Crippen molar-refractivity contribution in [2.45, 2.75) is 63.2 Å². The molecule has 256 valence electrons. The Morgan fingerprint density at radius 2 is 1.87 bits per heavy atom. The maximum atomic E-state index is 12.9. The molecule has 0 radical (unpaired) electrons. The predicted molar refractivity (Wildman–Crippen MR) is 160 cm³/mol. The number of hydrogen-bond donors (Lipinski definition) is 4. The van der Waals surface area contributed by atoms with Gasteiger partial charge in [0.2, 0.25) is 5.91 Å². The van der Waals surface area contributed by atoms with Crippen LogP contribution in [0.5, 0.6) is 11.5 Å². The van der Waals surface area contributed by atoms with Crippen LogP contribution in [0.25, 0.3) is 0 Å². The van der Waals surface area contributed by atoms with Gasteiger partial charge in [-0.05, 0) is 49.4 Å². The van der Waals surface area contributed by atoms with Crippen LogP contribution in [0.15, 0.2) is 72.8 Å². The van der Waals surface area contributed by atoms with Crippen molar-refractivity contribution in [3.63, 3.8) is 0 Å². The zero-order valence-electron chi connectivity index (χ0n) is 25.3. The van der Waals surface area contributed by atoms with Gasteiger partial charge in [0.15, 0.2) is 0 Å². The zero-order valence-corrected chi connectivity index (χ0v) is 25.3. The molecule has 0 heterocycles. The highest BCUT2D eigenvalue weighted by atomic mass is 19.4. The topological polar surface area (TPSA) is 178 Å². The van der Waals surface area contributed by atoms with Crippen LogP contribution in [-0.4, -0.2) is 63.7 Å². The van der Waals surface area contributed by atoms with E-state index in [1.165, 1.54) is 30.3 Å². The predicted octanol–water partition coefficient (Wildman–Crippen LogP) is 3.91. The number of carbonyl (C=O) groups is 2. The van der Waals surface area contributed by atoms with Crippen molar-refractivity contribution in [1.82, 2.24) is 5.32 Å². The van der Waals surface area contributed by atoms with Gasteiger partial charge in [0, 0.05) is 24.3 Å². The minimum Gasteiger partial charge on any atom is -0.491 e. The third kappa shape index (κ3) is 12.7. The molecule has 1 aliphatic rings. The molecule has 0 bridgehead atoms. The van der Waals surface area contributed by atoms with E-state index in [0.29, 0.717) is 19.3 Å². The molecule has 5 atom stereocenters. The lowest BCUT2D eigenvalue weighted by atomic mass is 9.89. The lowest BCUT2D eigenvalue weighted by Crippen LogP contribution is -2.31. The fraction of sp³-hybridized carbons (Fsp3) is 0.438. The number of benzene rings is 2. The summed E-state index contributed by atoms with van der Waals surface area (Å²) in [5.41, 5.74) is -0.581. The molecule has 15 heteroatoms. The van der Waals surface area contributed by atoms with Crippen LogP contribution >= 0.6 is 0 Å². The van der Waals surface area contributed by atoms with E-state index in [-0.39, 0.29) is 48.3 Å². The second kappa shape index (κ2) is 18.0. The Kier molecular flexibility index (Phi) is 14.2. The summed E-state index contributed by atoms with van der Waals surface area (Å²) >= 11 is 0. The van der Waals surface area contributed by atoms with Gasteiger partial charge in [0.05, 0.1) is 17.8 Å². The van der Waals surface area contributed by atoms with E-state index < -0.39 is 60.2 Å². The summed E-state index contributed by atoms with van der Waals surface area (Å²) in [6.07, 6.45) is 0.974. The largest absolute Gasteiger partial charge is 0.491 e. The summed E-state index contributed by atoms with van der Waals surface area (Å²) in [5, 5.41) is 43.0. The van der Waals surface area contributed by atoms with Crippen molar-refractivity contribution in [2.24, 2.45) is 11.8 Å². The highest BCUT2D eigenvalue weighted by molar-refractivity contribution is 5.82. The fourth-order valence-corrected chi connectivity index (χ4v) is 4.98. The fourth-order valence-electron chi connectivity index (χ4n) is 4.98. The normalized spacial score (nSPS) is 20.3. The summed E-state index contributed by atoms with van der Waals surface area (Å²) in [7, 11) is 0. The minimum atomic E-state index is -4.52. The number of alkyl halides is 3. The SMILES string of the molecule is O=C(CCCC=CC[C@@H]1[C@@H](C=C[C@@H](O)COc2cccc(C(F)(F)F)c2)[C@H](O)C[C@@H]1O)NCC(=O)Oc1ccccc1CO[N+](=O)[O-]. The van der Waals surface area contributed by atoms with Gasteiger partial charge in [0.1, 0.15) is 37.4 Å². The van der Waals surface area contributed by atoms with Crippen LogP contribution in [0.3, 0.4) is 0 Å². The molecule has 3 rings (SSSR count). The number of aliphatic hydroxyl groups is 3. The van der Waals surface area contributed by atoms with Crippen LogP contribution in [-0.2, 0) is 27.2 Å². The van der Waals surface area contributed by atoms with Crippen molar-refractivity contribution in [2.75, 3.05) is 13.2 Å². The molecule has 1 saturated carbocycles. The number of rotatable bonds is 17. The Morgan fingerprint density at radius 1 is 1.11 bits per heavy atom. The van der Waals surface area contributed by atoms with Crippen LogP contribution in [0.2, 0.25) is 0 Å². The van der Waals surface area contributed by atoms with E-state index >= 15 is 0 Å². The highest BCUT2D eigenvalue weighted by Crippen LogP contribution is 2.36. The van der Waals surface area contributed by atoms with Gasteiger partial charge in [-0.2, -0.15) is 13.2 Å². The first-order chi connectivity index (χ1) is 22.3. The van der Waals surface area contributed by atoms with Gasteiger partial charge in [-0.3, -0.25) is 4.79 Å². The Hall–Kier alpha value is -4.47. The second-order valence-electron chi connectivity index (χ2n) is 10.9. The summed E-state index contributed by atoms with van der Waals surface area (Å²) in [6.45, 7) is -1.11. The molecule has 4 N–H and O–H groups in total. The number of hydrogen-bond acceptors (Lipinski definition) is 10. The first kappa shape index (κ1) is 37.0. The number of allylic oxidation sites excluding steroid dienone is 2. The Bertz CT molecular complexity index is 1400. The lowest BCUT2D eigenvalue weighted by molar-refractivity contribution is -0.763. The summed E-state index contributed by atoms with van der Waals surface area (Å²) in [6, 6.07) is 10.4. The molecule has 1 aliphatic carbocycles. The number of ether oxygens (including phenoxy) is 2. The van der Waals surface area contributed by atoms with E-state index in [2.05, 4.69) is 10.2 Å². The molecule has 0 saturated heterocycles. The van der Waals surface area contributed by atoms with E-state index in [9.17, 15) is 48.2 Å². The first-order valence-corrected chi connectivity index (χ1v) is 14.8. The molecule has 12 nitrogen and oxygen atoms in total. The molecular weight excluding hydrogens is 629 g/mol. The van der Waals surface area contributed by atoms with E-state index in [1.807, 2.05) is 12.2 Å². The summed E-state index contributed by atoms with van der Waals surface area (Å²) < 4.78 is 49.1. The quantitative estimate of drug-likeness (QED) is 0.0484. The van der Waals surface area contributed by atoms with E-state index in [4.69, 9.17) is 9.47 Å². The number of amides is 1. The molecule has 2 aromatic carbocycles. The Labute approximate surface area is 268 Å². The molecule has 0 aliphatic heterocycles. The average Bonchev–Trinajstić information content (AvgIpc) is 3.29. The molecule has 0 spiro atoms. The standard InChI is InChI=1S/C32H37F3N2O10/c33-32(34,35)22-9-7-10-24(16-22)45-20-23(38)14-15-26-25(27(39)17-28(26)40)11-3-1-2-4-13-30(41)36-18-31(42)47-29-12-6-5-8-21(29)19-46-37(43)44/h1,3,5-10,12,14-16,23,25-28,38-40H,2,4,11,13,17-20H2,(H,36,41)/t23-,25-,26-,27+,28-/m1/s1. The number of unbranched alkanes of at least 4 members (excludes halogenated alkanes) is 1. The molecular formula is C32H37F3N2O10. The number of nitrogens with one attached hydrogen (secondary N) is 1. The van der Waals surface area contributed by atoms with Gasteiger partial charge < -0.3 is 34.9 Å².